The van der Waals surface area contributed by atoms with Crippen molar-refractivity contribution < 1.29 is 0 Å². The maximum absolute atomic E-state index is 2.30. The average Bonchev–Trinajstić information content (AvgIpc) is 2.62. The van der Waals surface area contributed by atoms with Gasteiger partial charge in [0.1, 0.15) is 0 Å². The largest absolute Gasteiger partial charge is 0.0882 e. The van der Waals surface area contributed by atoms with E-state index in [1.165, 1.54) is 30.4 Å². The van der Waals surface area contributed by atoms with Gasteiger partial charge in [0.05, 0.1) is 0 Å². The first-order valence-corrected chi connectivity index (χ1v) is 5.05. The summed E-state index contributed by atoms with van der Waals surface area (Å²) in [6.45, 7) is 2.14. The van der Waals surface area contributed by atoms with Gasteiger partial charge < -0.3 is 0 Å². The number of hydrogen-bond donors (Lipinski definition) is 0. The van der Waals surface area contributed by atoms with Crippen LogP contribution in [0.25, 0.3) is 0 Å². The lowest BCUT2D eigenvalue weighted by Crippen LogP contribution is -1.98. The topological polar surface area (TPSA) is 0 Å². The van der Waals surface area contributed by atoms with Gasteiger partial charge in [0.2, 0.25) is 0 Å². The molecule has 0 N–H and O–H groups in total. The summed E-state index contributed by atoms with van der Waals surface area (Å²) < 4.78 is 0. The van der Waals surface area contributed by atoms with Crippen LogP contribution in [0.15, 0.2) is 36.4 Å². The van der Waals surface area contributed by atoms with E-state index in [1.807, 2.05) is 0 Å². The van der Waals surface area contributed by atoms with Crippen LogP contribution >= 0.6 is 0 Å². The van der Waals surface area contributed by atoms with Crippen LogP contribution in [0.2, 0.25) is 0 Å². The molecule has 0 nitrogen and oxygen atoms in total. The van der Waals surface area contributed by atoms with Gasteiger partial charge in [0.25, 0.3) is 0 Å². The third-order valence-electron chi connectivity index (χ3n) is 2.75. The molecule has 0 saturated heterocycles. The van der Waals surface area contributed by atoms with E-state index in [2.05, 4.69) is 43.3 Å². The van der Waals surface area contributed by atoms with Crippen molar-refractivity contribution in [3.63, 3.8) is 0 Å². The lowest BCUT2D eigenvalue weighted by molar-refractivity contribution is 0.567. The summed E-state index contributed by atoms with van der Waals surface area (Å²) in [5.41, 5.74) is 2.84. The van der Waals surface area contributed by atoms with E-state index >= 15 is 0 Å². The second-order valence-corrected chi connectivity index (χ2v) is 4.00. The fraction of sp³-hybridized carbons (Fsp3) is 0.385. The Labute approximate surface area is 80.3 Å². The predicted octanol–water partition coefficient (Wildman–Crippen LogP) is 3.50. The molecule has 0 bridgehead atoms. The molecule has 0 atom stereocenters. The minimum Gasteiger partial charge on any atom is -0.0882 e. The molecule has 0 heterocycles. The van der Waals surface area contributed by atoms with Gasteiger partial charge in [-0.1, -0.05) is 42.0 Å². The van der Waals surface area contributed by atoms with E-state index in [-0.39, 0.29) is 0 Å². The molecule has 68 valence electrons. The van der Waals surface area contributed by atoms with Crippen LogP contribution in [0.5, 0.6) is 0 Å². The third-order valence-corrected chi connectivity index (χ3v) is 2.75. The summed E-state index contributed by atoms with van der Waals surface area (Å²) in [6, 6.07) is 8.93. The molecule has 0 aromatic heterocycles. The SMILES string of the molecule is Cc1ccc(CC2CC=CC2)cc1. The van der Waals surface area contributed by atoms with Crippen molar-refractivity contribution in [2.24, 2.45) is 5.92 Å². The molecule has 0 unspecified atom stereocenters. The van der Waals surface area contributed by atoms with Crippen molar-refractivity contribution in [3.8, 4) is 0 Å². The molecule has 1 aliphatic carbocycles. The van der Waals surface area contributed by atoms with Crippen molar-refractivity contribution >= 4 is 0 Å². The Morgan fingerprint density at radius 1 is 1.08 bits per heavy atom. The summed E-state index contributed by atoms with van der Waals surface area (Å²) in [5, 5.41) is 0. The average molecular weight is 172 g/mol. The summed E-state index contributed by atoms with van der Waals surface area (Å²) in [4.78, 5) is 0. The van der Waals surface area contributed by atoms with Crippen LogP contribution < -0.4 is 0 Å². The fourth-order valence-electron chi connectivity index (χ4n) is 1.90. The lowest BCUT2D eigenvalue weighted by Gasteiger charge is -2.08. The van der Waals surface area contributed by atoms with Gasteiger partial charge in [-0.15, -0.1) is 0 Å². The minimum absolute atomic E-state index is 0.864. The quantitative estimate of drug-likeness (QED) is 0.599. The molecule has 0 spiro atoms. The van der Waals surface area contributed by atoms with Crippen LogP contribution in [0.1, 0.15) is 24.0 Å². The number of rotatable bonds is 2. The van der Waals surface area contributed by atoms with Gasteiger partial charge in [-0.2, -0.15) is 0 Å². The number of hydrogen-bond acceptors (Lipinski definition) is 0. The van der Waals surface area contributed by atoms with E-state index in [0.717, 1.165) is 5.92 Å². The van der Waals surface area contributed by atoms with Gasteiger partial charge in [-0.05, 0) is 37.7 Å². The second kappa shape index (κ2) is 3.78. The molecule has 0 amide bonds. The van der Waals surface area contributed by atoms with E-state index < -0.39 is 0 Å². The highest BCUT2D eigenvalue weighted by molar-refractivity contribution is 5.22. The zero-order valence-corrected chi connectivity index (χ0v) is 8.16. The molecule has 1 aromatic rings. The predicted molar refractivity (Wildman–Crippen MR) is 56.7 cm³/mol. The number of benzene rings is 1. The van der Waals surface area contributed by atoms with E-state index in [4.69, 9.17) is 0 Å². The second-order valence-electron chi connectivity index (χ2n) is 4.00. The zero-order valence-electron chi connectivity index (χ0n) is 8.16. The first-order valence-electron chi connectivity index (χ1n) is 5.05. The Hall–Kier alpha value is -1.04. The Morgan fingerprint density at radius 2 is 1.69 bits per heavy atom. The van der Waals surface area contributed by atoms with Crippen molar-refractivity contribution in [3.05, 3.63) is 47.5 Å². The number of allylic oxidation sites excluding steroid dienone is 2. The summed E-state index contributed by atoms with van der Waals surface area (Å²) >= 11 is 0. The smallest absolute Gasteiger partial charge is 0.0244 e. The van der Waals surface area contributed by atoms with Gasteiger partial charge in [0.15, 0.2) is 0 Å². The fourth-order valence-corrected chi connectivity index (χ4v) is 1.90. The monoisotopic (exact) mass is 172 g/mol. The van der Waals surface area contributed by atoms with Gasteiger partial charge in [-0.3, -0.25) is 0 Å². The Morgan fingerprint density at radius 3 is 2.31 bits per heavy atom. The first kappa shape index (κ1) is 8.55. The van der Waals surface area contributed by atoms with Crippen molar-refractivity contribution in [2.75, 3.05) is 0 Å². The lowest BCUT2D eigenvalue weighted by atomic mass is 9.97. The van der Waals surface area contributed by atoms with Gasteiger partial charge in [0, 0.05) is 0 Å². The molecule has 0 radical (unpaired) electrons. The van der Waals surface area contributed by atoms with Gasteiger partial charge >= 0.3 is 0 Å². The van der Waals surface area contributed by atoms with Crippen LogP contribution in [0.4, 0.5) is 0 Å². The summed E-state index contributed by atoms with van der Waals surface area (Å²) in [6.07, 6.45) is 8.40. The Bertz CT molecular complexity index is 284. The van der Waals surface area contributed by atoms with Crippen LogP contribution in [-0.4, -0.2) is 0 Å². The highest BCUT2D eigenvalue weighted by atomic mass is 14.1. The molecule has 1 aromatic carbocycles. The molecule has 0 fully saturated rings. The van der Waals surface area contributed by atoms with Crippen molar-refractivity contribution in [1.82, 2.24) is 0 Å². The first-order chi connectivity index (χ1) is 6.34. The molecule has 0 heteroatoms. The third kappa shape index (κ3) is 2.21. The Kier molecular flexibility index (Phi) is 2.49. The van der Waals surface area contributed by atoms with Crippen LogP contribution in [-0.2, 0) is 6.42 Å². The Balaban J connectivity index is 1.97. The zero-order chi connectivity index (χ0) is 9.10. The molecular formula is C13H16. The molecule has 0 aliphatic heterocycles. The molecule has 13 heavy (non-hydrogen) atoms. The molecule has 1 aliphatic rings. The number of aryl methyl sites for hydroxylation is 1. The molecule has 2 rings (SSSR count). The van der Waals surface area contributed by atoms with Crippen LogP contribution in [0, 0.1) is 12.8 Å². The summed E-state index contributed by atoms with van der Waals surface area (Å²) in [5.74, 6) is 0.864. The van der Waals surface area contributed by atoms with Crippen LogP contribution in [0.3, 0.4) is 0 Å². The summed E-state index contributed by atoms with van der Waals surface area (Å²) in [7, 11) is 0. The van der Waals surface area contributed by atoms with Crippen molar-refractivity contribution in [1.29, 1.82) is 0 Å². The normalized spacial score (nSPS) is 16.7. The highest BCUT2D eigenvalue weighted by Crippen LogP contribution is 2.22. The molecule has 0 saturated carbocycles. The standard InChI is InChI=1S/C13H16/c1-11-6-8-13(9-7-11)10-12-4-2-3-5-12/h2-3,6-9,12H,4-5,10H2,1H3. The highest BCUT2D eigenvalue weighted by Gasteiger charge is 2.10. The minimum atomic E-state index is 0.864. The van der Waals surface area contributed by atoms with Gasteiger partial charge in [-0.25, -0.2) is 0 Å². The van der Waals surface area contributed by atoms with E-state index in [0.29, 0.717) is 0 Å². The van der Waals surface area contributed by atoms with Crippen molar-refractivity contribution in [2.45, 2.75) is 26.2 Å². The maximum Gasteiger partial charge on any atom is -0.0244 e. The molecular weight excluding hydrogens is 156 g/mol. The maximum atomic E-state index is 2.30. The van der Waals surface area contributed by atoms with E-state index in [9.17, 15) is 0 Å². The van der Waals surface area contributed by atoms with E-state index in [1.54, 1.807) is 0 Å².